The molecule has 0 unspecified atom stereocenters. The number of fused-ring (bicyclic) bond motifs is 1. The van der Waals surface area contributed by atoms with E-state index in [-0.39, 0.29) is 5.91 Å². The van der Waals surface area contributed by atoms with Crippen LogP contribution in [-0.4, -0.2) is 15.7 Å². The minimum Gasteiger partial charge on any atom is -0.346 e. The average molecular weight is 388 g/mol. The second-order valence-corrected chi connectivity index (χ2v) is 8.07. The molecule has 0 radical (unpaired) electrons. The number of carbonyl (C=O) groups is 1. The molecule has 3 heterocycles. The van der Waals surface area contributed by atoms with Gasteiger partial charge in [0.15, 0.2) is 0 Å². The van der Waals surface area contributed by atoms with E-state index in [0.717, 1.165) is 26.4 Å². The van der Waals surface area contributed by atoms with Gasteiger partial charge in [0.2, 0.25) is 0 Å². The number of thiophene rings is 2. The molecule has 1 amide bonds. The number of aryl methyl sites for hydroxylation is 1. The molecule has 4 aromatic rings. The predicted molar refractivity (Wildman–Crippen MR) is 105 cm³/mol. The first kappa shape index (κ1) is 16.3. The lowest BCUT2D eigenvalue weighted by atomic mass is 10.1. The van der Waals surface area contributed by atoms with Crippen LogP contribution in [0.1, 0.15) is 14.5 Å². The van der Waals surface area contributed by atoms with Gasteiger partial charge in [-0.1, -0.05) is 29.8 Å². The number of carbonyl (C=O) groups excluding carboxylic acids is 1. The van der Waals surface area contributed by atoms with E-state index in [9.17, 15) is 4.79 Å². The Kier molecular flexibility index (Phi) is 4.33. The Labute approximate surface area is 157 Å². The van der Waals surface area contributed by atoms with Gasteiger partial charge in [0.25, 0.3) is 5.91 Å². The van der Waals surface area contributed by atoms with Crippen LogP contribution in [0.5, 0.6) is 0 Å². The van der Waals surface area contributed by atoms with E-state index in [4.69, 9.17) is 11.6 Å². The second kappa shape index (κ2) is 6.63. The van der Waals surface area contributed by atoms with Crippen molar-refractivity contribution < 1.29 is 4.79 Å². The largest absolute Gasteiger partial charge is 0.346 e. The highest BCUT2D eigenvalue weighted by atomic mass is 35.5. The summed E-state index contributed by atoms with van der Waals surface area (Å²) in [6.07, 6.45) is 0. The first-order valence-corrected chi connectivity index (χ1v) is 9.72. The molecule has 126 valence electrons. The van der Waals surface area contributed by atoms with Gasteiger partial charge in [-0.15, -0.1) is 22.7 Å². The van der Waals surface area contributed by atoms with Gasteiger partial charge in [-0.3, -0.25) is 9.48 Å². The molecule has 0 aliphatic carbocycles. The number of nitrogens with zero attached hydrogens (tertiary/aromatic N) is 2. The molecule has 0 spiro atoms. The normalized spacial score (nSPS) is 11.1. The summed E-state index contributed by atoms with van der Waals surface area (Å²) < 4.78 is 1.82. The van der Waals surface area contributed by atoms with Crippen molar-refractivity contribution in [2.45, 2.75) is 6.54 Å². The molecule has 0 saturated heterocycles. The van der Waals surface area contributed by atoms with Crippen molar-refractivity contribution >= 4 is 50.4 Å². The summed E-state index contributed by atoms with van der Waals surface area (Å²) in [6.45, 7) is 0.549. The first-order valence-electron chi connectivity index (χ1n) is 7.65. The van der Waals surface area contributed by atoms with Crippen LogP contribution in [0, 0.1) is 0 Å². The van der Waals surface area contributed by atoms with Gasteiger partial charge in [0.1, 0.15) is 10.5 Å². The SMILES string of the molecule is Cn1nc(-c2ccc(Cl)cc2)c2cc(C(=O)NCc3cccs3)sc21. The van der Waals surface area contributed by atoms with E-state index >= 15 is 0 Å². The fourth-order valence-electron chi connectivity index (χ4n) is 2.64. The number of hydrogen-bond donors (Lipinski definition) is 1. The van der Waals surface area contributed by atoms with Crippen LogP contribution in [0.4, 0.5) is 0 Å². The molecular formula is C18H14ClN3OS2. The van der Waals surface area contributed by atoms with Crippen molar-refractivity contribution in [3.63, 3.8) is 0 Å². The second-order valence-electron chi connectivity index (χ2n) is 5.57. The maximum Gasteiger partial charge on any atom is 0.261 e. The Bertz CT molecular complexity index is 1030. The number of nitrogens with one attached hydrogen (secondary N) is 1. The quantitative estimate of drug-likeness (QED) is 0.538. The summed E-state index contributed by atoms with van der Waals surface area (Å²) in [5, 5.41) is 11.2. The molecule has 0 aliphatic rings. The molecule has 25 heavy (non-hydrogen) atoms. The van der Waals surface area contributed by atoms with Crippen molar-refractivity contribution in [3.8, 4) is 11.3 Å². The minimum atomic E-state index is -0.0587. The molecular weight excluding hydrogens is 374 g/mol. The Morgan fingerprint density at radius 2 is 2.08 bits per heavy atom. The van der Waals surface area contributed by atoms with Crippen molar-refractivity contribution in [1.82, 2.24) is 15.1 Å². The van der Waals surface area contributed by atoms with Crippen LogP contribution in [0.2, 0.25) is 5.02 Å². The number of aromatic nitrogens is 2. The Morgan fingerprint density at radius 3 is 2.80 bits per heavy atom. The molecule has 0 saturated carbocycles. The summed E-state index contributed by atoms with van der Waals surface area (Å²) in [5.41, 5.74) is 1.85. The zero-order valence-electron chi connectivity index (χ0n) is 13.3. The van der Waals surface area contributed by atoms with Gasteiger partial charge in [-0.25, -0.2) is 0 Å². The van der Waals surface area contributed by atoms with Crippen molar-refractivity contribution in [2.75, 3.05) is 0 Å². The van der Waals surface area contributed by atoms with Crippen molar-refractivity contribution in [1.29, 1.82) is 0 Å². The van der Waals surface area contributed by atoms with Crippen LogP contribution >= 0.6 is 34.3 Å². The van der Waals surface area contributed by atoms with Crippen LogP contribution in [0.25, 0.3) is 21.5 Å². The van der Waals surface area contributed by atoms with Gasteiger partial charge < -0.3 is 5.32 Å². The van der Waals surface area contributed by atoms with Gasteiger partial charge in [0.05, 0.1) is 11.4 Å². The Hall–Kier alpha value is -2.15. The summed E-state index contributed by atoms with van der Waals surface area (Å²) in [5.74, 6) is -0.0587. The van der Waals surface area contributed by atoms with E-state index < -0.39 is 0 Å². The number of benzene rings is 1. The van der Waals surface area contributed by atoms with E-state index in [1.54, 1.807) is 11.3 Å². The summed E-state index contributed by atoms with van der Waals surface area (Å²) in [6, 6.07) is 13.5. The number of hydrogen-bond acceptors (Lipinski definition) is 4. The lowest BCUT2D eigenvalue weighted by Gasteiger charge is -2.01. The molecule has 4 nitrogen and oxygen atoms in total. The fraction of sp³-hybridized carbons (Fsp3) is 0.111. The number of rotatable bonds is 4. The van der Waals surface area contributed by atoms with Gasteiger partial charge in [0, 0.05) is 27.9 Å². The van der Waals surface area contributed by atoms with E-state index in [0.29, 0.717) is 16.4 Å². The van der Waals surface area contributed by atoms with E-state index in [2.05, 4.69) is 10.4 Å². The maximum atomic E-state index is 12.5. The highest BCUT2D eigenvalue weighted by Gasteiger charge is 2.17. The van der Waals surface area contributed by atoms with Gasteiger partial charge in [-0.05, 0) is 29.6 Å². The van der Waals surface area contributed by atoms with Gasteiger partial charge >= 0.3 is 0 Å². The average Bonchev–Trinajstić information content (AvgIpc) is 3.32. The molecule has 0 aliphatic heterocycles. The third-order valence-electron chi connectivity index (χ3n) is 3.86. The molecule has 1 aromatic carbocycles. The summed E-state index contributed by atoms with van der Waals surface area (Å²) in [7, 11) is 1.89. The Morgan fingerprint density at radius 1 is 1.28 bits per heavy atom. The molecule has 3 aromatic heterocycles. The van der Waals surface area contributed by atoms with E-state index in [1.165, 1.54) is 11.3 Å². The van der Waals surface area contributed by atoms with Crippen molar-refractivity contribution in [2.24, 2.45) is 7.05 Å². The molecule has 7 heteroatoms. The highest BCUT2D eigenvalue weighted by Crippen LogP contribution is 2.34. The summed E-state index contributed by atoms with van der Waals surface area (Å²) in [4.78, 5) is 15.3. The molecule has 1 N–H and O–H groups in total. The smallest absolute Gasteiger partial charge is 0.261 e. The van der Waals surface area contributed by atoms with E-state index in [1.807, 2.05) is 59.6 Å². The monoisotopic (exact) mass is 387 g/mol. The van der Waals surface area contributed by atoms with Crippen LogP contribution < -0.4 is 5.32 Å². The lowest BCUT2D eigenvalue weighted by Crippen LogP contribution is -2.21. The topological polar surface area (TPSA) is 46.9 Å². The third kappa shape index (κ3) is 3.20. The lowest BCUT2D eigenvalue weighted by molar-refractivity contribution is 0.0955. The Balaban J connectivity index is 1.64. The maximum absolute atomic E-state index is 12.5. The first-order chi connectivity index (χ1) is 12.1. The minimum absolute atomic E-state index is 0.0587. The molecule has 4 rings (SSSR count). The van der Waals surface area contributed by atoms with Gasteiger partial charge in [-0.2, -0.15) is 5.10 Å². The fourth-order valence-corrected chi connectivity index (χ4v) is 4.40. The highest BCUT2D eigenvalue weighted by molar-refractivity contribution is 7.20. The van der Waals surface area contributed by atoms with Crippen LogP contribution in [-0.2, 0) is 13.6 Å². The number of amides is 1. The molecule has 0 bridgehead atoms. The number of halogens is 1. The standard InChI is InChI=1S/C18H14ClN3OS2/c1-22-18-14(16(21-22)11-4-6-12(19)7-5-11)9-15(25-18)17(23)20-10-13-3-2-8-24-13/h2-9H,10H2,1H3,(H,20,23). The van der Waals surface area contributed by atoms with Crippen LogP contribution in [0.15, 0.2) is 47.8 Å². The zero-order chi connectivity index (χ0) is 17.4. The molecule has 0 atom stereocenters. The third-order valence-corrected chi connectivity index (χ3v) is 6.19. The zero-order valence-corrected chi connectivity index (χ0v) is 15.7. The molecule has 0 fully saturated rings. The van der Waals surface area contributed by atoms with Crippen LogP contribution in [0.3, 0.4) is 0 Å². The summed E-state index contributed by atoms with van der Waals surface area (Å²) >= 11 is 9.06. The predicted octanol–water partition coefficient (Wildman–Crippen LogP) is 4.95. The van der Waals surface area contributed by atoms with Crippen molar-refractivity contribution in [3.05, 3.63) is 62.6 Å².